The maximum atomic E-state index is 3.69. The molecule has 0 aromatic heterocycles. The van der Waals surface area contributed by atoms with Crippen molar-refractivity contribution < 1.29 is 0 Å². The van der Waals surface area contributed by atoms with E-state index in [1.807, 2.05) is 0 Å². The van der Waals surface area contributed by atoms with Gasteiger partial charge >= 0.3 is 0 Å². The standard InChI is InChI=1S/C14H30N2/c1-4-9-16(10-5-2)12-14-11-13(6-3)7-8-15-14/h13-15H,4-12H2,1-3H3. The van der Waals surface area contributed by atoms with Gasteiger partial charge in [0.15, 0.2) is 0 Å². The largest absolute Gasteiger partial charge is 0.313 e. The number of hydrogen-bond donors (Lipinski definition) is 1. The fourth-order valence-corrected chi connectivity index (χ4v) is 2.84. The minimum Gasteiger partial charge on any atom is -0.313 e. The van der Waals surface area contributed by atoms with Crippen LogP contribution < -0.4 is 5.32 Å². The van der Waals surface area contributed by atoms with Gasteiger partial charge in [-0.1, -0.05) is 27.2 Å². The first-order valence-electron chi connectivity index (χ1n) is 7.25. The minimum atomic E-state index is 0.747. The molecule has 96 valence electrons. The van der Waals surface area contributed by atoms with E-state index in [0.717, 1.165) is 12.0 Å². The molecule has 0 amide bonds. The van der Waals surface area contributed by atoms with Gasteiger partial charge in [-0.15, -0.1) is 0 Å². The number of hydrogen-bond acceptors (Lipinski definition) is 2. The topological polar surface area (TPSA) is 15.3 Å². The SMILES string of the molecule is CCCN(CCC)CC1CC(CC)CCN1. The van der Waals surface area contributed by atoms with Crippen LogP contribution in [0.2, 0.25) is 0 Å². The molecule has 1 saturated heterocycles. The molecular weight excluding hydrogens is 196 g/mol. The summed E-state index contributed by atoms with van der Waals surface area (Å²) in [4.78, 5) is 2.63. The van der Waals surface area contributed by atoms with E-state index in [-0.39, 0.29) is 0 Å². The molecule has 1 fully saturated rings. The monoisotopic (exact) mass is 226 g/mol. The summed E-state index contributed by atoms with van der Waals surface area (Å²) in [6.07, 6.45) is 6.70. The maximum Gasteiger partial charge on any atom is 0.0197 e. The molecular formula is C14H30N2. The quantitative estimate of drug-likeness (QED) is 0.718. The van der Waals surface area contributed by atoms with Crippen molar-refractivity contribution in [2.45, 2.75) is 58.9 Å². The highest BCUT2D eigenvalue weighted by Gasteiger charge is 2.21. The summed E-state index contributed by atoms with van der Waals surface area (Å²) in [6.45, 7) is 11.9. The van der Waals surface area contributed by atoms with Gasteiger partial charge in [-0.2, -0.15) is 0 Å². The van der Waals surface area contributed by atoms with Crippen molar-refractivity contribution >= 4 is 0 Å². The molecule has 0 aliphatic carbocycles. The zero-order chi connectivity index (χ0) is 11.8. The van der Waals surface area contributed by atoms with Crippen LogP contribution in [0.4, 0.5) is 0 Å². The minimum absolute atomic E-state index is 0.747. The number of piperidine rings is 1. The van der Waals surface area contributed by atoms with Crippen LogP contribution in [0.15, 0.2) is 0 Å². The first-order valence-corrected chi connectivity index (χ1v) is 7.25. The Morgan fingerprint density at radius 2 is 1.81 bits per heavy atom. The summed E-state index contributed by atoms with van der Waals surface area (Å²) >= 11 is 0. The smallest absolute Gasteiger partial charge is 0.0197 e. The molecule has 1 N–H and O–H groups in total. The summed E-state index contributed by atoms with van der Waals surface area (Å²) in [5.74, 6) is 0.969. The van der Waals surface area contributed by atoms with Crippen LogP contribution in [0.25, 0.3) is 0 Å². The fourth-order valence-electron chi connectivity index (χ4n) is 2.84. The second-order valence-electron chi connectivity index (χ2n) is 5.25. The van der Waals surface area contributed by atoms with Gasteiger partial charge in [-0.3, -0.25) is 0 Å². The second-order valence-corrected chi connectivity index (χ2v) is 5.25. The molecule has 0 aromatic rings. The molecule has 1 heterocycles. The van der Waals surface area contributed by atoms with Crippen molar-refractivity contribution in [2.75, 3.05) is 26.2 Å². The Balaban J connectivity index is 2.31. The van der Waals surface area contributed by atoms with E-state index in [1.165, 1.54) is 58.3 Å². The third-order valence-electron chi connectivity index (χ3n) is 3.74. The Bertz CT molecular complexity index is 164. The second kappa shape index (κ2) is 8.08. The van der Waals surface area contributed by atoms with E-state index in [4.69, 9.17) is 0 Å². The number of nitrogens with zero attached hydrogens (tertiary/aromatic N) is 1. The summed E-state index contributed by atoms with van der Waals surface area (Å²) < 4.78 is 0. The molecule has 0 spiro atoms. The van der Waals surface area contributed by atoms with E-state index in [9.17, 15) is 0 Å². The fraction of sp³-hybridized carbons (Fsp3) is 1.00. The van der Waals surface area contributed by atoms with Crippen LogP contribution in [-0.2, 0) is 0 Å². The van der Waals surface area contributed by atoms with Crippen LogP contribution in [0.1, 0.15) is 52.9 Å². The van der Waals surface area contributed by atoms with E-state index < -0.39 is 0 Å². The lowest BCUT2D eigenvalue weighted by Crippen LogP contribution is -2.46. The molecule has 2 heteroatoms. The van der Waals surface area contributed by atoms with Crippen molar-refractivity contribution in [2.24, 2.45) is 5.92 Å². The van der Waals surface area contributed by atoms with Gasteiger partial charge in [0.1, 0.15) is 0 Å². The predicted octanol–water partition coefficient (Wildman–Crippen LogP) is 2.89. The summed E-state index contributed by atoms with van der Waals surface area (Å²) in [6, 6.07) is 0.747. The Morgan fingerprint density at radius 3 is 2.38 bits per heavy atom. The van der Waals surface area contributed by atoms with Crippen molar-refractivity contribution in [1.29, 1.82) is 0 Å². The third-order valence-corrected chi connectivity index (χ3v) is 3.74. The van der Waals surface area contributed by atoms with E-state index >= 15 is 0 Å². The molecule has 0 saturated carbocycles. The maximum absolute atomic E-state index is 3.69. The molecule has 1 rings (SSSR count). The van der Waals surface area contributed by atoms with Crippen LogP contribution in [0.5, 0.6) is 0 Å². The molecule has 1 aliphatic heterocycles. The highest BCUT2D eigenvalue weighted by Crippen LogP contribution is 2.19. The molecule has 2 unspecified atom stereocenters. The van der Waals surface area contributed by atoms with Gasteiger partial charge in [0, 0.05) is 12.6 Å². The Kier molecular flexibility index (Phi) is 7.06. The molecule has 0 aromatic carbocycles. The van der Waals surface area contributed by atoms with Gasteiger partial charge in [0.05, 0.1) is 0 Å². The van der Waals surface area contributed by atoms with Crippen LogP contribution in [0, 0.1) is 5.92 Å². The zero-order valence-electron chi connectivity index (χ0n) is 11.5. The van der Waals surface area contributed by atoms with Crippen molar-refractivity contribution in [3.63, 3.8) is 0 Å². The lowest BCUT2D eigenvalue weighted by atomic mass is 9.90. The van der Waals surface area contributed by atoms with Crippen LogP contribution in [0.3, 0.4) is 0 Å². The highest BCUT2D eigenvalue weighted by atomic mass is 15.1. The predicted molar refractivity (Wildman–Crippen MR) is 71.8 cm³/mol. The lowest BCUT2D eigenvalue weighted by molar-refractivity contribution is 0.199. The van der Waals surface area contributed by atoms with Crippen molar-refractivity contribution in [1.82, 2.24) is 10.2 Å². The summed E-state index contributed by atoms with van der Waals surface area (Å²) in [5.41, 5.74) is 0. The molecule has 2 atom stereocenters. The first kappa shape index (κ1) is 14.0. The van der Waals surface area contributed by atoms with Gasteiger partial charge in [-0.25, -0.2) is 0 Å². The summed E-state index contributed by atoms with van der Waals surface area (Å²) in [7, 11) is 0. The zero-order valence-corrected chi connectivity index (χ0v) is 11.5. The Labute approximate surface area is 102 Å². The van der Waals surface area contributed by atoms with Crippen LogP contribution >= 0.6 is 0 Å². The molecule has 16 heavy (non-hydrogen) atoms. The molecule has 2 nitrogen and oxygen atoms in total. The van der Waals surface area contributed by atoms with Gasteiger partial charge in [0.25, 0.3) is 0 Å². The highest BCUT2D eigenvalue weighted by molar-refractivity contribution is 4.80. The Hall–Kier alpha value is -0.0800. The van der Waals surface area contributed by atoms with Gasteiger partial charge in [0.2, 0.25) is 0 Å². The number of nitrogens with one attached hydrogen (secondary N) is 1. The average molecular weight is 226 g/mol. The lowest BCUT2D eigenvalue weighted by Gasteiger charge is -2.33. The number of rotatable bonds is 7. The van der Waals surface area contributed by atoms with Gasteiger partial charge < -0.3 is 10.2 Å². The van der Waals surface area contributed by atoms with E-state index in [1.54, 1.807) is 0 Å². The van der Waals surface area contributed by atoms with Crippen molar-refractivity contribution in [3.8, 4) is 0 Å². The summed E-state index contributed by atoms with van der Waals surface area (Å²) in [5, 5.41) is 3.69. The van der Waals surface area contributed by atoms with E-state index in [2.05, 4.69) is 31.0 Å². The average Bonchev–Trinajstić information content (AvgIpc) is 2.30. The van der Waals surface area contributed by atoms with Crippen molar-refractivity contribution in [3.05, 3.63) is 0 Å². The van der Waals surface area contributed by atoms with Crippen LogP contribution in [-0.4, -0.2) is 37.1 Å². The van der Waals surface area contributed by atoms with Gasteiger partial charge in [-0.05, 0) is 51.2 Å². The Morgan fingerprint density at radius 1 is 1.12 bits per heavy atom. The molecule has 0 radical (unpaired) electrons. The van der Waals surface area contributed by atoms with E-state index in [0.29, 0.717) is 0 Å². The molecule has 0 bridgehead atoms. The third kappa shape index (κ3) is 4.84. The normalized spacial score (nSPS) is 26.2. The first-order chi connectivity index (χ1) is 7.80. The molecule has 1 aliphatic rings.